The first kappa shape index (κ1) is 13.1. The Balaban J connectivity index is 2.56. The van der Waals surface area contributed by atoms with E-state index in [1.54, 1.807) is 18.2 Å². The van der Waals surface area contributed by atoms with Crippen molar-refractivity contribution < 1.29 is 18.3 Å². The lowest BCUT2D eigenvalue weighted by atomic mass is 10.0. The minimum atomic E-state index is -0.661. The van der Waals surface area contributed by atoms with Crippen LogP contribution >= 0.6 is 0 Å². The highest BCUT2D eigenvalue weighted by Crippen LogP contribution is 2.34. The summed E-state index contributed by atoms with van der Waals surface area (Å²) in [5, 5.41) is 0. The third-order valence-corrected chi connectivity index (χ3v) is 2.78. The molecule has 0 saturated carbocycles. The van der Waals surface area contributed by atoms with Crippen molar-refractivity contribution in [1.29, 1.82) is 0 Å². The van der Waals surface area contributed by atoms with E-state index >= 15 is 0 Å². The summed E-state index contributed by atoms with van der Waals surface area (Å²) in [7, 11) is 2.97. The summed E-state index contributed by atoms with van der Waals surface area (Å²) in [4.78, 5) is 0. The lowest BCUT2D eigenvalue weighted by Crippen LogP contribution is -1.95. The fraction of sp³-hybridized carbons (Fsp3) is 0.143. The molecule has 0 spiro atoms. The maximum atomic E-state index is 13.8. The molecule has 2 rings (SSSR count). The molecule has 0 aliphatic heterocycles. The monoisotopic (exact) mass is 265 g/mol. The molecule has 3 nitrogen and oxygen atoms in total. The van der Waals surface area contributed by atoms with Crippen LogP contribution in [0, 0.1) is 11.6 Å². The van der Waals surface area contributed by atoms with Gasteiger partial charge in [0.25, 0.3) is 0 Å². The zero-order valence-electron chi connectivity index (χ0n) is 10.5. The van der Waals surface area contributed by atoms with E-state index in [4.69, 9.17) is 15.2 Å². The van der Waals surface area contributed by atoms with Crippen molar-refractivity contribution in [2.75, 3.05) is 20.0 Å². The first-order chi connectivity index (χ1) is 9.06. The molecule has 0 amide bonds. The maximum absolute atomic E-state index is 13.8. The average molecular weight is 265 g/mol. The third kappa shape index (κ3) is 2.45. The molecule has 100 valence electrons. The van der Waals surface area contributed by atoms with Crippen LogP contribution in [-0.2, 0) is 0 Å². The minimum Gasteiger partial charge on any atom is -0.493 e. The number of anilines is 1. The van der Waals surface area contributed by atoms with Gasteiger partial charge in [-0.25, -0.2) is 8.78 Å². The molecule has 19 heavy (non-hydrogen) atoms. The normalized spacial score (nSPS) is 10.3. The van der Waals surface area contributed by atoms with Gasteiger partial charge in [0, 0.05) is 11.6 Å². The van der Waals surface area contributed by atoms with Gasteiger partial charge in [0.2, 0.25) is 0 Å². The number of halogens is 2. The van der Waals surface area contributed by atoms with E-state index in [0.717, 1.165) is 12.1 Å². The zero-order chi connectivity index (χ0) is 14.0. The van der Waals surface area contributed by atoms with Crippen LogP contribution in [0.15, 0.2) is 30.3 Å². The quantitative estimate of drug-likeness (QED) is 0.866. The van der Waals surface area contributed by atoms with Gasteiger partial charge in [-0.1, -0.05) is 6.07 Å². The second kappa shape index (κ2) is 5.14. The summed E-state index contributed by atoms with van der Waals surface area (Å²) in [6.07, 6.45) is 0. The van der Waals surface area contributed by atoms with Gasteiger partial charge in [-0.2, -0.15) is 0 Å². The van der Waals surface area contributed by atoms with Crippen LogP contribution in [-0.4, -0.2) is 14.2 Å². The SMILES string of the molecule is COc1ccc(-c2cc(F)c(N)cc2F)cc1OC. The van der Waals surface area contributed by atoms with Crippen LogP contribution in [0.2, 0.25) is 0 Å². The summed E-state index contributed by atoms with van der Waals surface area (Å²) in [6.45, 7) is 0. The molecule has 0 radical (unpaired) electrons. The zero-order valence-corrected chi connectivity index (χ0v) is 10.5. The molecule has 2 N–H and O–H groups in total. The van der Waals surface area contributed by atoms with Gasteiger partial charge in [0.05, 0.1) is 19.9 Å². The van der Waals surface area contributed by atoms with Crippen molar-refractivity contribution in [2.24, 2.45) is 0 Å². The summed E-state index contributed by atoms with van der Waals surface area (Å²) < 4.78 is 37.5. The fourth-order valence-corrected chi connectivity index (χ4v) is 1.79. The van der Waals surface area contributed by atoms with Crippen molar-refractivity contribution in [2.45, 2.75) is 0 Å². The van der Waals surface area contributed by atoms with Crippen LogP contribution in [0.3, 0.4) is 0 Å². The summed E-state index contributed by atoms with van der Waals surface area (Å²) in [5.74, 6) is -0.295. The number of hydrogen-bond donors (Lipinski definition) is 1. The largest absolute Gasteiger partial charge is 0.493 e. The molecule has 0 aliphatic rings. The highest BCUT2D eigenvalue weighted by atomic mass is 19.1. The Morgan fingerprint density at radius 3 is 2.21 bits per heavy atom. The van der Waals surface area contributed by atoms with E-state index in [1.807, 2.05) is 0 Å². The number of nitrogen functional groups attached to an aromatic ring is 1. The third-order valence-electron chi connectivity index (χ3n) is 2.78. The topological polar surface area (TPSA) is 44.5 Å². The predicted octanol–water partition coefficient (Wildman–Crippen LogP) is 3.23. The number of hydrogen-bond acceptors (Lipinski definition) is 3. The second-order valence-corrected chi connectivity index (χ2v) is 3.92. The molecule has 0 unspecified atom stereocenters. The fourth-order valence-electron chi connectivity index (χ4n) is 1.79. The average Bonchev–Trinajstić information content (AvgIpc) is 2.42. The number of methoxy groups -OCH3 is 2. The molecule has 0 heterocycles. The van der Waals surface area contributed by atoms with E-state index in [9.17, 15) is 8.78 Å². The van der Waals surface area contributed by atoms with E-state index in [1.165, 1.54) is 14.2 Å². The molecule has 2 aromatic rings. The van der Waals surface area contributed by atoms with Crippen molar-refractivity contribution in [3.05, 3.63) is 42.0 Å². The van der Waals surface area contributed by atoms with Crippen LogP contribution in [0.25, 0.3) is 11.1 Å². The Hall–Kier alpha value is -2.30. The van der Waals surface area contributed by atoms with Crippen molar-refractivity contribution in [3.8, 4) is 22.6 Å². The smallest absolute Gasteiger partial charge is 0.161 e. The summed E-state index contributed by atoms with van der Waals surface area (Å²) in [6, 6.07) is 6.84. The second-order valence-electron chi connectivity index (χ2n) is 3.92. The Morgan fingerprint density at radius 1 is 0.895 bits per heavy atom. The molecular weight excluding hydrogens is 252 g/mol. The number of nitrogens with two attached hydrogens (primary N) is 1. The highest BCUT2D eigenvalue weighted by Gasteiger charge is 2.12. The van der Waals surface area contributed by atoms with Gasteiger partial charge >= 0.3 is 0 Å². The van der Waals surface area contributed by atoms with E-state index in [2.05, 4.69) is 0 Å². The number of benzene rings is 2. The van der Waals surface area contributed by atoms with Crippen LogP contribution in [0.5, 0.6) is 11.5 Å². The predicted molar refractivity (Wildman–Crippen MR) is 69.3 cm³/mol. The molecule has 5 heteroatoms. The molecular formula is C14H13F2NO2. The van der Waals surface area contributed by atoms with Crippen molar-refractivity contribution in [1.82, 2.24) is 0 Å². The standard InChI is InChI=1S/C14H13F2NO2/c1-18-13-4-3-8(5-14(13)19-2)9-6-11(16)12(17)7-10(9)15/h3-7H,17H2,1-2H3. The first-order valence-corrected chi connectivity index (χ1v) is 5.53. The Morgan fingerprint density at radius 2 is 1.58 bits per heavy atom. The molecule has 0 fully saturated rings. The molecule has 0 aromatic heterocycles. The lowest BCUT2D eigenvalue weighted by molar-refractivity contribution is 0.355. The lowest BCUT2D eigenvalue weighted by Gasteiger charge is -2.11. The van der Waals surface area contributed by atoms with Gasteiger partial charge in [-0.15, -0.1) is 0 Å². The summed E-state index contributed by atoms with van der Waals surface area (Å²) >= 11 is 0. The summed E-state index contributed by atoms with van der Waals surface area (Å²) in [5.41, 5.74) is 5.69. The Kier molecular flexibility index (Phi) is 3.55. The first-order valence-electron chi connectivity index (χ1n) is 5.53. The van der Waals surface area contributed by atoms with Crippen LogP contribution < -0.4 is 15.2 Å². The van der Waals surface area contributed by atoms with Crippen LogP contribution in [0.4, 0.5) is 14.5 Å². The number of rotatable bonds is 3. The molecule has 0 bridgehead atoms. The van der Waals surface area contributed by atoms with Gasteiger partial charge in [0.1, 0.15) is 11.6 Å². The molecule has 0 aliphatic carbocycles. The van der Waals surface area contributed by atoms with Crippen LogP contribution in [0.1, 0.15) is 0 Å². The molecule has 0 atom stereocenters. The Labute approximate surface area is 109 Å². The van der Waals surface area contributed by atoms with Gasteiger partial charge < -0.3 is 15.2 Å². The highest BCUT2D eigenvalue weighted by molar-refractivity contribution is 5.69. The number of ether oxygens (including phenoxy) is 2. The van der Waals surface area contributed by atoms with Crippen molar-refractivity contribution in [3.63, 3.8) is 0 Å². The van der Waals surface area contributed by atoms with Crippen molar-refractivity contribution >= 4 is 5.69 Å². The van der Waals surface area contributed by atoms with E-state index < -0.39 is 11.6 Å². The molecule has 0 saturated heterocycles. The van der Waals surface area contributed by atoms with E-state index in [-0.39, 0.29) is 11.3 Å². The maximum Gasteiger partial charge on any atom is 0.161 e. The van der Waals surface area contributed by atoms with E-state index in [0.29, 0.717) is 17.1 Å². The van der Waals surface area contributed by atoms with Gasteiger partial charge in [0.15, 0.2) is 11.5 Å². The minimum absolute atomic E-state index is 0.118. The van der Waals surface area contributed by atoms with Gasteiger partial charge in [-0.3, -0.25) is 0 Å². The van der Waals surface area contributed by atoms with Gasteiger partial charge in [-0.05, 0) is 23.8 Å². The Bertz CT molecular complexity index is 615. The molecule has 2 aromatic carbocycles.